The van der Waals surface area contributed by atoms with Crippen molar-refractivity contribution in [2.75, 3.05) is 0 Å². The van der Waals surface area contributed by atoms with Crippen molar-refractivity contribution in [1.29, 1.82) is 0 Å². The molecule has 0 atom stereocenters. The van der Waals surface area contributed by atoms with Crippen molar-refractivity contribution < 1.29 is 8.42 Å². The van der Waals surface area contributed by atoms with E-state index < -0.39 is 15.6 Å². The van der Waals surface area contributed by atoms with Gasteiger partial charge in [0.05, 0.1) is 17.8 Å². The Hall–Kier alpha value is -1.64. The third kappa shape index (κ3) is 2.78. The standard InChI is InChI=1S/C9H9ClN4O3S/c10-8-1-7(4-12-9(8)15)18(16,17)14-3-6-2-11-5-13-6/h1-2,4-5,14H,3H2,(H,11,13)(H,12,15). The Morgan fingerprint density at radius 1 is 1.39 bits per heavy atom. The van der Waals surface area contributed by atoms with Crippen LogP contribution in [0.4, 0.5) is 0 Å². The summed E-state index contributed by atoms with van der Waals surface area (Å²) in [7, 11) is -3.73. The second-order valence-corrected chi connectivity index (χ2v) is 5.59. The molecule has 0 unspecified atom stereocenters. The molecule has 0 saturated heterocycles. The number of sulfonamides is 1. The van der Waals surface area contributed by atoms with Crippen LogP contribution in [0.5, 0.6) is 0 Å². The molecule has 0 radical (unpaired) electrons. The fourth-order valence-corrected chi connectivity index (χ4v) is 2.47. The Balaban J connectivity index is 2.20. The number of H-pyrrole nitrogens is 2. The molecular weight excluding hydrogens is 280 g/mol. The van der Waals surface area contributed by atoms with E-state index in [9.17, 15) is 13.2 Å². The Morgan fingerprint density at radius 2 is 2.17 bits per heavy atom. The first-order valence-electron chi connectivity index (χ1n) is 4.84. The predicted octanol–water partition coefficient (Wildman–Crippen LogP) is 0.230. The minimum atomic E-state index is -3.73. The average molecular weight is 289 g/mol. The summed E-state index contributed by atoms with van der Waals surface area (Å²) in [6.45, 7) is 0.0685. The lowest BCUT2D eigenvalue weighted by molar-refractivity contribution is 0.580. The molecule has 2 heterocycles. The molecule has 0 aliphatic heterocycles. The highest BCUT2D eigenvalue weighted by Crippen LogP contribution is 2.10. The van der Waals surface area contributed by atoms with Crippen LogP contribution in [-0.2, 0) is 16.6 Å². The van der Waals surface area contributed by atoms with Crippen molar-refractivity contribution in [3.05, 3.63) is 45.9 Å². The Bertz CT molecular complexity index is 693. The number of rotatable bonds is 4. The average Bonchev–Trinajstić information content (AvgIpc) is 2.83. The second kappa shape index (κ2) is 4.92. The highest BCUT2D eigenvalue weighted by molar-refractivity contribution is 7.89. The van der Waals surface area contributed by atoms with Crippen LogP contribution in [0.15, 0.2) is 34.5 Å². The highest BCUT2D eigenvalue weighted by Gasteiger charge is 2.15. The number of hydrogen-bond donors (Lipinski definition) is 3. The van der Waals surface area contributed by atoms with E-state index in [-0.39, 0.29) is 16.5 Å². The minimum absolute atomic E-state index is 0.0685. The summed E-state index contributed by atoms with van der Waals surface area (Å²) in [5.41, 5.74) is 0.0817. The van der Waals surface area contributed by atoms with Gasteiger partial charge in [0.2, 0.25) is 10.0 Å². The van der Waals surface area contributed by atoms with Crippen LogP contribution < -0.4 is 10.3 Å². The summed E-state index contributed by atoms with van der Waals surface area (Å²) in [6.07, 6.45) is 4.03. The summed E-state index contributed by atoms with van der Waals surface area (Å²) in [6, 6.07) is 1.09. The zero-order chi connectivity index (χ0) is 13.2. The van der Waals surface area contributed by atoms with Gasteiger partial charge >= 0.3 is 0 Å². The summed E-state index contributed by atoms with van der Waals surface area (Å²) in [5.74, 6) is 0. The van der Waals surface area contributed by atoms with Crippen molar-refractivity contribution >= 4 is 21.6 Å². The lowest BCUT2D eigenvalue weighted by atomic mass is 10.5. The molecule has 7 nitrogen and oxygen atoms in total. The first-order chi connectivity index (χ1) is 8.49. The van der Waals surface area contributed by atoms with E-state index in [4.69, 9.17) is 11.6 Å². The molecular formula is C9H9ClN4O3S. The maximum Gasteiger partial charge on any atom is 0.266 e. The van der Waals surface area contributed by atoms with Crippen molar-refractivity contribution in [3.63, 3.8) is 0 Å². The monoisotopic (exact) mass is 288 g/mol. The van der Waals surface area contributed by atoms with E-state index in [1.165, 1.54) is 12.5 Å². The van der Waals surface area contributed by atoms with Gasteiger partial charge in [-0.2, -0.15) is 0 Å². The SMILES string of the molecule is O=c1[nH]cc(S(=O)(=O)NCc2cnc[nH]2)cc1Cl. The molecule has 96 valence electrons. The van der Waals surface area contributed by atoms with Crippen LogP contribution in [0.1, 0.15) is 5.69 Å². The predicted molar refractivity (Wildman–Crippen MR) is 64.7 cm³/mol. The molecule has 0 aliphatic carbocycles. The van der Waals surface area contributed by atoms with Crippen LogP contribution in [0.3, 0.4) is 0 Å². The molecule has 2 rings (SSSR count). The van der Waals surface area contributed by atoms with Crippen molar-refractivity contribution in [3.8, 4) is 0 Å². The molecule has 0 saturated carbocycles. The van der Waals surface area contributed by atoms with Gasteiger partial charge in [0.25, 0.3) is 5.56 Å². The summed E-state index contributed by atoms with van der Waals surface area (Å²) in [4.78, 5) is 19.7. The number of nitrogens with zero attached hydrogens (tertiary/aromatic N) is 1. The summed E-state index contributed by atoms with van der Waals surface area (Å²) in [5, 5.41) is -0.181. The smallest absolute Gasteiger partial charge is 0.266 e. The summed E-state index contributed by atoms with van der Waals surface area (Å²) < 4.78 is 26.1. The van der Waals surface area contributed by atoms with Gasteiger partial charge in [-0.1, -0.05) is 11.6 Å². The van der Waals surface area contributed by atoms with Gasteiger partial charge in [-0.15, -0.1) is 0 Å². The molecule has 0 aliphatic rings. The number of hydrogen-bond acceptors (Lipinski definition) is 4. The Morgan fingerprint density at radius 3 is 2.78 bits per heavy atom. The molecule has 0 bridgehead atoms. The van der Waals surface area contributed by atoms with Crippen LogP contribution >= 0.6 is 11.6 Å². The molecule has 0 amide bonds. The molecule has 3 N–H and O–H groups in total. The van der Waals surface area contributed by atoms with E-state index >= 15 is 0 Å². The van der Waals surface area contributed by atoms with Crippen molar-refractivity contribution in [1.82, 2.24) is 19.7 Å². The maximum atomic E-state index is 11.9. The minimum Gasteiger partial charge on any atom is -0.347 e. The first kappa shape index (κ1) is 12.8. The van der Waals surface area contributed by atoms with Crippen LogP contribution in [0.2, 0.25) is 5.02 Å². The van der Waals surface area contributed by atoms with E-state index in [0.29, 0.717) is 5.69 Å². The third-order valence-corrected chi connectivity index (χ3v) is 3.81. The largest absolute Gasteiger partial charge is 0.347 e. The Kier molecular flexibility index (Phi) is 3.50. The molecule has 0 fully saturated rings. The van der Waals surface area contributed by atoms with Gasteiger partial charge in [0.15, 0.2) is 0 Å². The van der Waals surface area contributed by atoms with E-state index in [0.717, 1.165) is 12.3 Å². The fourth-order valence-electron chi connectivity index (χ4n) is 1.23. The Labute approximate surface area is 107 Å². The third-order valence-electron chi connectivity index (χ3n) is 2.15. The van der Waals surface area contributed by atoms with Crippen LogP contribution in [0.25, 0.3) is 0 Å². The quantitative estimate of drug-likeness (QED) is 0.748. The normalized spacial score (nSPS) is 11.6. The van der Waals surface area contributed by atoms with Gasteiger partial charge in [-0.25, -0.2) is 18.1 Å². The van der Waals surface area contributed by atoms with Gasteiger partial charge in [-0.3, -0.25) is 4.79 Å². The van der Waals surface area contributed by atoms with Crippen molar-refractivity contribution in [2.24, 2.45) is 0 Å². The number of pyridine rings is 1. The van der Waals surface area contributed by atoms with Gasteiger partial charge in [0.1, 0.15) is 5.02 Å². The van der Waals surface area contributed by atoms with Gasteiger partial charge in [-0.05, 0) is 6.07 Å². The molecule has 18 heavy (non-hydrogen) atoms. The lowest BCUT2D eigenvalue weighted by Crippen LogP contribution is -2.24. The zero-order valence-electron chi connectivity index (χ0n) is 8.97. The molecule has 9 heteroatoms. The maximum absolute atomic E-state index is 11.9. The van der Waals surface area contributed by atoms with Crippen LogP contribution in [0, 0.1) is 0 Å². The molecule has 0 aromatic carbocycles. The highest BCUT2D eigenvalue weighted by atomic mass is 35.5. The second-order valence-electron chi connectivity index (χ2n) is 3.41. The fraction of sp³-hybridized carbons (Fsp3) is 0.111. The van der Waals surface area contributed by atoms with Crippen LogP contribution in [-0.4, -0.2) is 23.4 Å². The van der Waals surface area contributed by atoms with Gasteiger partial charge < -0.3 is 9.97 Å². The molecule has 2 aromatic rings. The number of nitrogens with one attached hydrogen (secondary N) is 3. The number of halogens is 1. The molecule has 0 spiro atoms. The number of imidazole rings is 1. The zero-order valence-corrected chi connectivity index (χ0v) is 10.5. The number of aromatic amines is 2. The first-order valence-corrected chi connectivity index (χ1v) is 6.70. The lowest BCUT2D eigenvalue weighted by Gasteiger charge is -2.05. The van der Waals surface area contributed by atoms with Gasteiger partial charge in [0, 0.05) is 18.1 Å². The topological polar surface area (TPSA) is 108 Å². The van der Waals surface area contributed by atoms with Crippen molar-refractivity contribution in [2.45, 2.75) is 11.4 Å². The number of aromatic nitrogens is 3. The van der Waals surface area contributed by atoms with E-state index in [2.05, 4.69) is 19.7 Å². The van der Waals surface area contributed by atoms with E-state index in [1.807, 2.05) is 0 Å². The molecule has 2 aromatic heterocycles. The van der Waals surface area contributed by atoms with E-state index in [1.54, 1.807) is 0 Å². The summed E-state index contributed by atoms with van der Waals surface area (Å²) >= 11 is 5.57.